The molecule has 1 saturated heterocycles. The highest BCUT2D eigenvalue weighted by Gasteiger charge is 2.37. The van der Waals surface area contributed by atoms with Crippen LogP contribution in [-0.4, -0.2) is 42.7 Å². The average Bonchev–Trinajstić information content (AvgIpc) is 2.78. The summed E-state index contributed by atoms with van der Waals surface area (Å²) in [5.74, 6) is 0. The van der Waals surface area contributed by atoms with Gasteiger partial charge in [-0.15, -0.1) is 0 Å². The number of nitrogens with one attached hydrogen (secondary N) is 1. The summed E-state index contributed by atoms with van der Waals surface area (Å²) < 4.78 is 16.1. The topological polar surface area (TPSA) is 39.7 Å². The van der Waals surface area contributed by atoms with E-state index in [0.29, 0.717) is 6.04 Å². The van der Waals surface area contributed by atoms with Crippen molar-refractivity contribution in [2.75, 3.05) is 27.9 Å². The van der Waals surface area contributed by atoms with Crippen molar-refractivity contribution in [1.82, 2.24) is 5.32 Å². The molecule has 0 spiro atoms. The molecule has 0 aromatic heterocycles. The van der Waals surface area contributed by atoms with Gasteiger partial charge in [-0.1, -0.05) is 0 Å². The minimum Gasteiger partial charge on any atom is -0.377 e. The van der Waals surface area contributed by atoms with Gasteiger partial charge in [0.2, 0.25) is 0 Å². The van der Waals surface area contributed by atoms with Crippen LogP contribution in [0.4, 0.5) is 0 Å². The summed E-state index contributed by atoms with van der Waals surface area (Å²) in [5, 5.41) is 3.49. The molecule has 0 aromatic rings. The van der Waals surface area contributed by atoms with Crippen LogP contribution in [0.5, 0.6) is 0 Å². The molecule has 90 valence electrons. The van der Waals surface area contributed by atoms with Crippen LogP contribution in [0.1, 0.15) is 25.7 Å². The first kappa shape index (κ1) is 13.1. The molecule has 1 N–H and O–H groups in total. The summed E-state index contributed by atoms with van der Waals surface area (Å²) in [6.07, 6.45) is 4.93. The third kappa shape index (κ3) is 3.84. The van der Waals surface area contributed by atoms with E-state index in [2.05, 4.69) is 5.32 Å². The van der Waals surface area contributed by atoms with Crippen molar-refractivity contribution in [3.8, 4) is 0 Å². The first-order valence-corrected chi connectivity index (χ1v) is 7.58. The van der Waals surface area contributed by atoms with E-state index in [0.717, 1.165) is 12.5 Å². The zero-order valence-corrected chi connectivity index (χ0v) is 11.0. The highest BCUT2D eigenvalue weighted by Crippen LogP contribution is 2.19. The van der Waals surface area contributed by atoms with Gasteiger partial charge in [0, 0.05) is 33.4 Å². The fraction of sp³-hybridized carbons (Fsp3) is 1.00. The molecule has 1 heterocycles. The predicted molar refractivity (Wildman–Crippen MR) is 61.8 cm³/mol. The minimum atomic E-state index is -2.32. The molecular formula is C10H23NO3Si. The minimum absolute atomic E-state index is 0.697. The van der Waals surface area contributed by atoms with Crippen LogP contribution < -0.4 is 5.32 Å². The van der Waals surface area contributed by atoms with Crippen molar-refractivity contribution < 1.29 is 13.3 Å². The van der Waals surface area contributed by atoms with Crippen LogP contribution in [0.25, 0.3) is 0 Å². The van der Waals surface area contributed by atoms with E-state index in [1.165, 1.54) is 25.8 Å². The molecule has 0 aliphatic carbocycles. The summed E-state index contributed by atoms with van der Waals surface area (Å²) >= 11 is 0. The van der Waals surface area contributed by atoms with Gasteiger partial charge in [-0.25, -0.2) is 0 Å². The zero-order valence-electron chi connectivity index (χ0n) is 10.0. The van der Waals surface area contributed by atoms with Gasteiger partial charge < -0.3 is 18.6 Å². The molecule has 1 unspecified atom stereocenters. The molecule has 1 atom stereocenters. The molecule has 1 fully saturated rings. The lowest BCUT2D eigenvalue weighted by atomic mass is 10.1. The largest absolute Gasteiger partial charge is 0.500 e. The van der Waals surface area contributed by atoms with Gasteiger partial charge in [-0.05, 0) is 32.2 Å². The van der Waals surface area contributed by atoms with Crippen LogP contribution in [0, 0.1) is 0 Å². The van der Waals surface area contributed by atoms with Gasteiger partial charge in [0.25, 0.3) is 0 Å². The summed E-state index contributed by atoms with van der Waals surface area (Å²) in [7, 11) is 2.70. The maximum atomic E-state index is 5.38. The van der Waals surface area contributed by atoms with Gasteiger partial charge in [0.05, 0.1) is 0 Å². The van der Waals surface area contributed by atoms with E-state index < -0.39 is 8.80 Å². The van der Waals surface area contributed by atoms with E-state index in [1.54, 1.807) is 21.3 Å². The summed E-state index contributed by atoms with van der Waals surface area (Å²) in [5.41, 5.74) is 0. The van der Waals surface area contributed by atoms with Crippen LogP contribution >= 0.6 is 0 Å². The number of rotatable bonds is 7. The van der Waals surface area contributed by atoms with E-state index in [1.807, 2.05) is 0 Å². The summed E-state index contributed by atoms with van der Waals surface area (Å²) in [6.45, 7) is 1.17. The Balaban J connectivity index is 2.21. The molecule has 1 aliphatic heterocycles. The highest BCUT2D eigenvalue weighted by molar-refractivity contribution is 6.60. The highest BCUT2D eigenvalue weighted by atomic mass is 28.4. The Bertz CT molecular complexity index is 162. The van der Waals surface area contributed by atoms with Gasteiger partial charge in [-0.3, -0.25) is 0 Å². The molecule has 5 heteroatoms. The molecule has 0 radical (unpaired) electrons. The summed E-state index contributed by atoms with van der Waals surface area (Å²) in [4.78, 5) is 0. The van der Waals surface area contributed by atoms with Gasteiger partial charge in [0.15, 0.2) is 0 Å². The normalized spacial score (nSPS) is 22.2. The van der Waals surface area contributed by atoms with Gasteiger partial charge in [0.1, 0.15) is 0 Å². The van der Waals surface area contributed by atoms with Crippen LogP contribution in [0.3, 0.4) is 0 Å². The van der Waals surface area contributed by atoms with E-state index in [4.69, 9.17) is 13.3 Å². The predicted octanol–water partition coefficient (Wildman–Crippen LogP) is 1.40. The number of hydrogen-bond donors (Lipinski definition) is 1. The first-order valence-electron chi connectivity index (χ1n) is 5.65. The fourth-order valence-corrected chi connectivity index (χ4v) is 3.87. The van der Waals surface area contributed by atoms with Crippen molar-refractivity contribution in [3.63, 3.8) is 0 Å². The molecular weight excluding hydrogens is 210 g/mol. The Morgan fingerprint density at radius 1 is 1.20 bits per heavy atom. The van der Waals surface area contributed by atoms with Crippen LogP contribution in [0.2, 0.25) is 6.04 Å². The van der Waals surface area contributed by atoms with E-state index in [9.17, 15) is 0 Å². The SMILES string of the molecule is CO[Si](CCCC1CCCN1)(OC)OC. The molecule has 15 heavy (non-hydrogen) atoms. The van der Waals surface area contributed by atoms with Crippen molar-refractivity contribution in [1.29, 1.82) is 0 Å². The Morgan fingerprint density at radius 2 is 1.87 bits per heavy atom. The standard InChI is InChI=1S/C10H23NO3Si/c1-12-15(13-2,14-3)9-5-7-10-6-4-8-11-10/h10-11H,4-9H2,1-3H3. The maximum absolute atomic E-state index is 5.38. The lowest BCUT2D eigenvalue weighted by Gasteiger charge is -2.24. The second-order valence-corrected chi connectivity index (χ2v) is 7.07. The first-order chi connectivity index (χ1) is 7.26. The smallest absolute Gasteiger partial charge is 0.377 e. The molecule has 4 nitrogen and oxygen atoms in total. The van der Waals surface area contributed by atoms with Gasteiger partial charge >= 0.3 is 8.80 Å². The second-order valence-electron chi connectivity index (χ2n) is 3.98. The van der Waals surface area contributed by atoms with Crippen molar-refractivity contribution in [2.45, 2.75) is 37.8 Å². The Labute approximate surface area is 93.7 Å². The van der Waals surface area contributed by atoms with Crippen LogP contribution in [-0.2, 0) is 13.3 Å². The maximum Gasteiger partial charge on any atom is 0.500 e. The molecule has 1 aliphatic rings. The van der Waals surface area contributed by atoms with Gasteiger partial charge in [-0.2, -0.15) is 0 Å². The monoisotopic (exact) mass is 233 g/mol. The Kier molecular flexibility index (Phi) is 5.77. The second kappa shape index (κ2) is 6.60. The van der Waals surface area contributed by atoms with Crippen LogP contribution in [0.15, 0.2) is 0 Å². The third-order valence-corrected chi connectivity index (χ3v) is 5.96. The molecule has 0 amide bonds. The van der Waals surface area contributed by atoms with Crippen molar-refractivity contribution in [2.24, 2.45) is 0 Å². The Morgan fingerprint density at radius 3 is 2.33 bits per heavy atom. The molecule has 0 saturated carbocycles. The molecule has 0 bridgehead atoms. The lowest BCUT2D eigenvalue weighted by Crippen LogP contribution is -2.42. The lowest BCUT2D eigenvalue weighted by molar-refractivity contribution is 0.122. The summed E-state index contributed by atoms with van der Waals surface area (Å²) in [6, 6.07) is 1.61. The van der Waals surface area contributed by atoms with Crippen molar-refractivity contribution in [3.05, 3.63) is 0 Å². The zero-order chi connectivity index (χ0) is 11.1. The average molecular weight is 233 g/mol. The third-order valence-electron chi connectivity index (χ3n) is 3.13. The van der Waals surface area contributed by atoms with E-state index >= 15 is 0 Å². The van der Waals surface area contributed by atoms with E-state index in [-0.39, 0.29) is 0 Å². The molecule has 1 rings (SSSR count). The van der Waals surface area contributed by atoms with Crippen molar-refractivity contribution >= 4 is 8.80 Å². The quantitative estimate of drug-likeness (QED) is 0.675. The Hall–Kier alpha value is 0.0569. The molecule has 0 aromatic carbocycles. The fourth-order valence-electron chi connectivity index (χ4n) is 2.12. The number of hydrogen-bond acceptors (Lipinski definition) is 4.